The Kier molecular flexibility index (Phi) is 3.68. The fourth-order valence-corrected chi connectivity index (χ4v) is 6.17. The molecule has 7 rings (SSSR count). The number of nitrogens with zero attached hydrogens (tertiary/aromatic N) is 1. The van der Waals surface area contributed by atoms with Gasteiger partial charge in [-0.05, 0) is 74.8 Å². The van der Waals surface area contributed by atoms with Crippen LogP contribution in [0.25, 0.3) is 33.5 Å². The first-order chi connectivity index (χ1) is 15.8. The van der Waals surface area contributed by atoms with Crippen LogP contribution in [-0.4, -0.2) is 4.98 Å². The third kappa shape index (κ3) is 2.20. The van der Waals surface area contributed by atoms with Crippen LogP contribution in [0, 0.1) is 0 Å². The van der Waals surface area contributed by atoms with E-state index in [0.29, 0.717) is 0 Å². The number of aromatic nitrogens is 1. The molecule has 0 amide bonds. The molecule has 1 heterocycles. The van der Waals surface area contributed by atoms with Crippen LogP contribution in [0.3, 0.4) is 0 Å². The first kappa shape index (κ1) is 18.1. The summed E-state index contributed by atoms with van der Waals surface area (Å²) >= 11 is 3.76. The summed E-state index contributed by atoms with van der Waals surface area (Å²) < 4.78 is 1.11. The second kappa shape index (κ2) is 6.51. The molecule has 1 unspecified atom stereocenters. The van der Waals surface area contributed by atoms with Gasteiger partial charge in [-0.2, -0.15) is 0 Å². The lowest BCUT2D eigenvalue weighted by Gasteiger charge is -2.30. The standard InChI is InChI=1S/C30H18BrN/c31-20-13-15-24-22-8-2-4-10-26(22)30(28(24)18-20)25-9-3-1-7-21(25)23-14-12-19(17-27(23)30)29-11-5-6-16-32-29/h1-18H. The fourth-order valence-electron chi connectivity index (χ4n) is 5.80. The summed E-state index contributed by atoms with van der Waals surface area (Å²) in [6.45, 7) is 0. The average molecular weight is 472 g/mol. The molecule has 0 N–H and O–H groups in total. The largest absolute Gasteiger partial charge is 0.256 e. The van der Waals surface area contributed by atoms with E-state index in [1.54, 1.807) is 0 Å². The number of halogens is 1. The molecule has 0 aliphatic heterocycles. The Bertz CT molecular complexity index is 1520. The van der Waals surface area contributed by atoms with Crippen LogP contribution in [0.5, 0.6) is 0 Å². The summed E-state index contributed by atoms with van der Waals surface area (Å²) in [5.41, 5.74) is 12.5. The van der Waals surface area contributed by atoms with Gasteiger partial charge in [0, 0.05) is 16.2 Å². The van der Waals surface area contributed by atoms with Gasteiger partial charge >= 0.3 is 0 Å². The number of fused-ring (bicyclic) bond motifs is 10. The van der Waals surface area contributed by atoms with Crippen molar-refractivity contribution in [2.75, 3.05) is 0 Å². The smallest absolute Gasteiger partial charge is 0.0726 e. The first-order valence-electron chi connectivity index (χ1n) is 10.8. The first-order valence-corrected chi connectivity index (χ1v) is 11.6. The summed E-state index contributed by atoms with van der Waals surface area (Å²) in [6.07, 6.45) is 1.87. The van der Waals surface area contributed by atoms with Gasteiger partial charge in [0.05, 0.1) is 11.1 Å². The van der Waals surface area contributed by atoms with Crippen LogP contribution in [0.4, 0.5) is 0 Å². The minimum absolute atomic E-state index is 0.327. The lowest BCUT2D eigenvalue weighted by atomic mass is 9.70. The molecule has 0 saturated carbocycles. The molecule has 0 saturated heterocycles. The van der Waals surface area contributed by atoms with E-state index in [9.17, 15) is 0 Å². The van der Waals surface area contributed by atoms with E-state index in [2.05, 4.69) is 118 Å². The number of hydrogen-bond acceptors (Lipinski definition) is 1. The molecule has 1 nitrogen and oxygen atoms in total. The number of pyridine rings is 1. The third-order valence-corrected chi connectivity index (χ3v) is 7.51. The Hall–Kier alpha value is -3.49. The highest BCUT2D eigenvalue weighted by molar-refractivity contribution is 9.10. The zero-order chi connectivity index (χ0) is 21.3. The van der Waals surface area contributed by atoms with Crippen LogP contribution < -0.4 is 0 Å². The van der Waals surface area contributed by atoms with Gasteiger partial charge in [0.2, 0.25) is 0 Å². The molecule has 32 heavy (non-hydrogen) atoms. The Balaban J connectivity index is 1.65. The van der Waals surface area contributed by atoms with E-state index in [-0.39, 0.29) is 5.41 Å². The van der Waals surface area contributed by atoms with Crippen molar-refractivity contribution in [2.45, 2.75) is 5.41 Å². The summed E-state index contributed by atoms with van der Waals surface area (Å²) in [7, 11) is 0. The lowest BCUT2D eigenvalue weighted by Crippen LogP contribution is -2.25. The fraction of sp³-hybridized carbons (Fsp3) is 0.0333. The number of hydrogen-bond donors (Lipinski definition) is 0. The normalized spacial score (nSPS) is 17.0. The van der Waals surface area contributed by atoms with Crippen LogP contribution in [0.1, 0.15) is 22.3 Å². The monoisotopic (exact) mass is 471 g/mol. The van der Waals surface area contributed by atoms with E-state index >= 15 is 0 Å². The van der Waals surface area contributed by atoms with Crippen LogP contribution in [-0.2, 0) is 5.41 Å². The lowest BCUT2D eigenvalue weighted by molar-refractivity contribution is 0.793. The molecule has 0 radical (unpaired) electrons. The minimum atomic E-state index is -0.327. The Labute approximate surface area is 195 Å². The Morgan fingerprint density at radius 2 is 1.12 bits per heavy atom. The van der Waals surface area contributed by atoms with Crippen molar-refractivity contribution in [3.8, 4) is 33.5 Å². The molecule has 2 heteroatoms. The molecule has 5 aromatic rings. The van der Waals surface area contributed by atoms with Gasteiger partial charge < -0.3 is 0 Å². The molecule has 0 fully saturated rings. The second-order valence-corrected chi connectivity index (χ2v) is 9.42. The second-order valence-electron chi connectivity index (χ2n) is 8.51. The molecule has 4 aromatic carbocycles. The van der Waals surface area contributed by atoms with Gasteiger partial charge in [0.1, 0.15) is 0 Å². The molecular formula is C30H18BrN. The highest BCUT2D eigenvalue weighted by Crippen LogP contribution is 2.63. The van der Waals surface area contributed by atoms with Crippen molar-refractivity contribution in [3.63, 3.8) is 0 Å². The molecular weight excluding hydrogens is 454 g/mol. The van der Waals surface area contributed by atoms with Gasteiger partial charge in [0.15, 0.2) is 0 Å². The topological polar surface area (TPSA) is 12.9 Å². The van der Waals surface area contributed by atoms with Gasteiger partial charge in [-0.15, -0.1) is 0 Å². The molecule has 1 aromatic heterocycles. The quantitative estimate of drug-likeness (QED) is 0.237. The maximum atomic E-state index is 4.63. The molecule has 0 bridgehead atoms. The third-order valence-electron chi connectivity index (χ3n) is 7.01. The number of benzene rings is 4. The number of rotatable bonds is 1. The zero-order valence-corrected chi connectivity index (χ0v) is 18.8. The highest BCUT2D eigenvalue weighted by atomic mass is 79.9. The SMILES string of the molecule is Brc1ccc2c(c1)C1(c3ccccc3-2)c2ccccc2-c2ccc(-c3ccccn3)cc21. The van der Waals surface area contributed by atoms with E-state index in [1.807, 2.05) is 12.3 Å². The molecule has 1 atom stereocenters. The zero-order valence-electron chi connectivity index (χ0n) is 17.2. The van der Waals surface area contributed by atoms with Gasteiger partial charge in [-0.25, -0.2) is 0 Å². The van der Waals surface area contributed by atoms with Crippen molar-refractivity contribution >= 4 is 15.9 Å². The summed E-state index contributed by atoms with van der Waals surface area (Å²) in [5, 5.41) is 0. The Morgan fingerprint density at radius 3 is 1.81 bits per heavy atom. The maximum absolute atomic E-state index is 4.63. The molecule has 2 aliphatic rings. The van der Waals surface area contributed by atoms with Crippen molar-refractivity contribution < 1.29 is 0 Å². The van der Waals surface area contributed by atoms with Crippen molar-refractivity contribution in [1.29, 1.82) is 0 Å². The molecule has 1 spiro atoms. The van der Waals surface area contributed by atoms with Crippen LogP contribution >= 0.6 is 15.9 Å². The van der Waals surface area contributed by atoms with Crippen molar-refractivity contribution in [1.82, 2.24) is 4.98 Å². The van der Waals surface area contributed by atoms with E-state index in [1.165, 1.54) is 44.5 Å². The average Bonchev–Trinajstić information content (AvgIpc) is 3.31. The predicted molar refractivity (Wildman–Crippen MR) is 134 cm³/mol. The van der Waals surface area contributed by atoms with E-state index in [0.717, 1.165) is 15.7 Å². The van der Waals surface area contributed by atoms with Crippen LogP contribution in [0.15, 0.2) is 114 Å². The predicted octanol–water partition coefficient (Wildman–Crippen LogP) is 7.85. The maximum Gasteiger partial charge on any atom is 0.0726 e. The van der Waals surface area contributed by atoms with Gasteiger partial charge in [-0.1, -0.05) is 88.7 Å². The molecule has 2 aliphatic carbocycles. The van der Waals surface area contributed by atoms with E-state index < -0.39 is 0 Å². The van der Waals surface area contributed by atoms with Crippen molar-refractivity contribution in [3.05, 3.63) is 136 Å². The van der Waals surface area contributed by atoms with E-state index in [4.69, 9.17) is 0 Å². The summed E-state index contributed by atoms with van der Waals surface area (Å²) in [5.74, 6) is 0. The summed E-state index contributed by atoms with van der Waals surface area (Å²) in [4.78, 5) is 4.63. The van der Waals surface area contributed by atoms with Gasteiger partial charge in [-0.3, -0.25) is 4.98 Å². The van der Waals surface area contributed by atoms with Crippen molar-refractivity contribution in [2.24, 2.45) is 0 Å². The molecule has 150 valence electrons. The summed E-state index contributed by atoms with van der Waals surface area (Å²) in [6, 6.07) is 37.5. The van der Waals surface area contributed by atoms with Gasteiger partial charge in [0.25, 0.3) is 0 Å². The highest BCUT2D eigenvalue weighted by Gasteiger charge is 2.51. The Morgan fingerprint density at radius 1 is 0.531 bits per heavy atom. The van der Waals surface area contributed by atoms with Crippen LogP contribution in [0.2, 0.25) is 0 Å². The minimum Gasteiger partial charge on any atom is -0.256 e.